The van der Waals surface area contributed by atoms with Gasteiger partial charge in [0.15, 0.2) is 5.69 Å². The highest BCUT2D eigenvalue weighted by atomic mass is 16.4. The Morgan fingerprint density at radius 3 is 2.94 bits per heavy atom. The molecule has 0 saturated carbocycles. The third-order valence-corrected chi connectivity index (χ3v) is 2.68. The smallest absolute Gasteiger partial charge is 0.354 e. The van der Waals surface area contributed by atoms with Crippen LogP contribution in [0.15, 0.2) is 18.2 Å². The maximum Gasteiger partial charge on any atom is 0.354 e. The first kappa shape index (κ1) is 11.6. The van der Waals surface area contributed by atoms with Crippen LogP contribution in [0.3, 0.4) is 0 Å². The predicted molar refractivity (Wildman–Crippen MR) is 64.1 cm³/mol. The Morgan fingerprint density at radius 1 is 1.47 bits per heavy atom. The van der Waals surface area contributed by atoms with Crippen molar-refractivity contribution < 1.29 is 9.90 Å². The number of carboxylic acid groups (broad SMARTS) is 1. The molecule has 2 N–H and O–H groups in total. The van der Waals surface area contributed by atoms with Gasteiger partial charge in [0.05, 0.1) is 0 Å². The Balaban J connectivity index is 2.14. The van der Waals surface area contributed by atoms with E-state index in [1.165, 1.54) is 6.07 Å². The van der Waals surface area contributed by atoms with E-state index < -0.39 is 5.97 Å². The molecule has 1 aliphatic carbocycles. The Bertz CT molecular complexity index is 457. The van der Waals surface area contributed by atoms with Crippen LogP contribution >= 0.6 is 0 Å². The second-order valence-electron chi connectivity index (χ2n) is 4.15. The van der Waals surface area contributed by atoms with Crippen LogP contribution in [0.1, 0.15) is 35.4 Å². The first-order chi connectivity index (χ1) is 8.15. The summed E-state index contributed by atoms with van der Waals surface area (Å²) in [5.74, 6) is -0.621. The predicted octanol–water partition coefficient (Wildman–Crippen LogP) is 2.00. The van der Waals surface area contributed by atoms with Gasteiger partial charge in [-0.3, -0.25) is 0 Å². The lowest BCUT2D eigenvalue weighted by Crippen LogP contribution is -2.22. The fourth-order valence-electron chi connectivity index (χ4n) is 1.85. The highest BCUT2D eigenvalue weighted by molar-refractivity contribution is 5.85. The van der Waals surface area contributed by atoms with Crippen molar-refractivity contribution in [3.63, 3.8) is 0 Å². The number of aromatic nitrogens is 2. The second kappa shape index (κ2) is 4.95. The van der Waals surface area contributed by atoms with Crippen LogP contribution in [0.5, 0.6) is 0 Å². The molecule has 5 nitrogen and oxygen atoms in total. The average molecular weight is 233 g/mol. The van der Waals surface area contributed by atoms with Gasteiger partial charge >= 0.3 is 5.97 Å². The molecule has 0 aromatic carbocycles. The van der Waals surface area contributed by atoms with Gasteiger partial charge in [0.1, 0.15) is 0 Å². The van der Waals surface area contributed by atoms with Crippen LogP contribution in [0.2, 0.25) is 0 Å². The standard InChI is InChI=1S/C12H15N3O2/c1-8-7-10(11(16)17)15-12(13-8)14-9-5-3-2-4-6-9/h2-3,7,9H,4-6H2,1H3,(H,16,17)(H,13,14,15). The van der Waals surface area contributed by atoms with E-state index in [0.717, 1.165) is 19.3 Å². The van der Waals surface area contributed by atoms with Gasteiger partial charge in [-0.05, 0) is 32.3 Å². The van der Waals surface area contributed by atoms with E-state index in [4.69, 9.17) is 5.11 Å². The number of hydrogen-bond donors (Lipinski definition) is 2. The number of nitrogens with one attached hydrogen (secondary N) is 1. The molecule has 1 aromatic rings. The molecule has 0 bridgehead atoms. The van der Waals surface area contributed by atoms with Crippen molar-refractivity contribution >= 4 is 11.9 Å². The highest BCUT2D eigenvalue weighted by Gasteiger charge is 2.13. The van der Waals surface area contributed by atoms with Crippen LogP contribution in [-0.4, -0.2) is 27.1 Å². The lowest BCUT2D eigenvalue weighted by molar-refractivity contribution is 0.0690. The number of aromatic carboxylic acids is 1. The molecule has 1 unspecified atom stereocenters. The van der Waals surface area contributed by atoms with E-state index in [0.29, 0.717) is 17.7 Å². The number of anilines is 1. The largest absolute Gasteiger partial charge is 0.477 e. The Kier molecular flexibility index (Phi) is 3.37. The van der Waals surface area contributed by atoms with Crippen molar-refractivity contribution in [2.45, 2.75) is 32.2 Å². The molecule has 1 aliphatic rings. The number of allylic oxidation sites excluding steroid dienone is 1. The summed E-state index contributed by atoms with van der Waals surface area (Å²) in [5, 5.41) is 12.1. The average Bonchev–Trinajstić information content (AvgIpc) is 2.29. The molecule has 90 valence electrons. The van der Waals surface area contributed by atoms with E-state index in [1.807, 2.05) is 0 Å². The van der Waals surface area contributed by atoms with Crippen molar-refractivity contribution in [2.75, 3.05) is 5.32 Å². The molecule has 0 radical (unpaired) electrons. The van der Waals surface area contributed by atoms with Crippen LogP contribution in [-0.2, 0) is 0 Å². The van der Waals surface area contributed by atoms with Gasteiger partial charge in [0, 0.05) is 11.7 Å². The van der Waals surface area contributed by atoms with Gasteiger partial charge in [-0.15, -0.1) is 0 Å². The second-order valence-corrected chi connectivity index (χ2v) is 4.15. The monoisotopic (exact) mass is 233 g/mol. The Hall–Kier alpha value is -1.91. The van der Waals surface area contributed by atoms with Gasteiger partial charge in [0.2, 0.25) is 5.95 Å². The molecule has 1 atom stereocenters. The number of aryl methyl sites for hydroxylation is 1. The van der Waals surface area contributed by atoms with Crippen molar-refractivity contribution in [1.82, 2.24) is 9.97 Å². The summed E-state index contributed by atoms with van der Waals surface area (Å²) in [6, 6.07) is 1.76. The molecule has 0 saturated heterocycles. The third-order valence-electron chi connectivity index (χ3n) is 2.68. The number of carboxylic acids is 1. The minimum atomic E-state index is -1.03. The normalized spacial score (nSPS) is 19.0. The number of carbonyl (C=O) groups is 1. The van der Waals surface area contributed by atoms with Crippen molar-refractivity contribution in [2.24, 2.45) is 0 Å². The zero-order chi connectivity index (χ0) is 12.3. The molecular weight excluding hydrogens is 218 g/mol. The van der Waals surface area contributed by atoms with Crippen LogP contribution < -0.4 is 5.32 Å². The van der Waals surface area contributed by atoms with Gasteiger partial charge in [-0.2, -0.15) is 0 Å². The van der Waals surface area contributed by atoms with E-state index in [2.05, 4.69) is 27.4 Å². The fourth-order valence-corrected chi connectivity index (χ4v) is 1.85. The first-order valence-corrected chi connectivity index (χ1v) is 5.65. The molecule has 2 rings (SSSR count). The fraction of sp³-hybridized carbons (Fsp3) is 0.417. The quantitative estimate of drug-likeness (QED) is 0.781. The summed E-state index contributed by atoms with van der Waals surface area (Å²) in [6.07, 6.45) is 7.26. The molecule has 0 amide bonds. The van der Waals surface area contributed by atoms with Gasteiger partial charge in [-0.1, -0.05) is 12.2 Å². The molecule has 0 fully saturated rings. The molecule has 0 aliphatic heterocycles. The molecular formula is C12H15N3O2. The topological polar surface area (TPSA) is 75.1 Å². The van der Waals surface area contributed by atoms with Gasteiger partial charge in [0.25, 0.3) is 0 Å². The maximum absolute atomic E-state index is 10.9. The molecule has 0 spiro atoms. The van der Waals surface area contributed by atoms with Crippen LogP contribution in [0.4, 0.5) is 5.95 Å². The zero-order valence-electron chi connectivity index (χ0n) is 9.68. The van der Waals surface area contributed by atoms with Gasteiger partial charge in [-0.25, -0.2) is 14.8 Å². The summed E-state index contributed by atoms with van der Waals surface area (Å²) < 4.78 is 0. The van der Waals surface area contributed by atoms with E-state index >= 15 is 0 Å². The van der Waals surface area contributed by atoms with E-state index in [-0.39, 0.29) is 5.69 Å². The summed E-state index contributed by atoms with van der Waals surface area (Å²) >= 11 is 0. The minimum Gasteiger partial charge on any atom is -0.477 e. The Morgan fingerprint density at radius 2 is 2.29 bits per heavy atom. The first-order valence-electron chi connectivity index (χ1n) is 5.65. The lowest BCUT2D eigenvalue weighted by atomic mass is 10.0. The molecule has 1 heterocycles. The van der Waals surface area contributed by atoms with Crippen LogP contribution in [0, 0.1) is 6.92 Å². The van der Waals surface area contributed by atoms with E-state index in [1.54, 1.807) is 6.92 Å². The van der Waals surface area contributed by atoms with Crippen molar-refractivity contribution in [1.29, 1.82) is 0 Å². The highest BCUT2D eigenvalue weighted by Crippen LogP contribution is 2.15. The summed E-state index contributed by atoms with van der Waals surface area (Å²) in [5.41, 5.74) is 0.692. The number of nitrogens with zero attached hydrogens (tertiary/aromatic N) is 2. The van der Waals surface area contributed by atoms with Gasteiger partial charge < -0.3 is 10.4 Å². The molecule has 1 aromatic heterocycles. The SMILES string of the molecule is Cc1cc(C(=O)O)nc(NC2CC=CCC2)n1. The summed E-state index contributed by atoms with van der Waals surface area (Å²) in [7, 11) is 0. The Labute approximate surface area is 99.6 Å². The molecule has 17 heavy (non-hydrogen) atoms. The summed E-state index contributed by atoms with van der Waals surface area (Å²) in [6.45, 7) is 1.76. The zero-order valence-corrected chi connectivity index (χ0v) is 9.68. The van der Waals surface area contributed by atoms with Crippen molar-refractivity contribution in [3.05, 3.63) is 29.6 Å². The molecule has 5 heteroatoms. The van der Waals surface area contributed by atoms with E-state index in [9.17, 15) is 4.79 Å². The van der Waals surface area contributed by atoms with Crippen LogP contribution in [0.25, 0.3) is 0 Å². The lowest BCUT2D eigenvalue weighted by Gasteiger charge is -2.19. The third kappa shape index (κ3) is 3.03. The maximum atomic E-state index is 10.9. The minimum absolute atomic E-state index is 0.0337. The number of rotatable bonds is 3. The number of hydrogen-bond acceptors (Lipinski definition) is 4. The van der Waals surface area contributed by atoms with Crippen molar-refractivity contribution in [3.8, 4) is 0 Å². The summed E-state index contributed by atoms with van der Waals surface area (Å²) in [4.78, 5) is 19.1.